The second-order valence-electron chi connectivity index (χ2n) is 6.40. The Kier molecular flexibility index (Phi) is 5.35. The number of anilines is 1. The van der Waals surface area contributed by atoms with Gasteiger partial charge < -0.3 is 19.6 Å². The molecule has 0 aliphatic rings. The van der Waals surface area contributed by atoms with E-state index in [1.54, 1.807) is 42.5 Å². The number of aryl methyl sites for hydroxylation is 1. The summed E-state index contributed by atoms with van der Waals surface area (Å²) in [4.78, 5) is 35.0. The molecule has 1 N–H and O–H groups in total. The monoisotopic (exact) mass is 364 g/mol. The van der Waals surface area contributed by atoms with Gasteiger partial charge in [-0.25, -0.2) is 4.79 Å². The summed E-state index contributed by atoms with van der Waals surface area (Å²) < 4.78 is 5.17. The van der Waals surface area contributed by atoms with Gasteiger partial charge in [0.1, 0.15) is 5.58 Å². The molecule has 3 rings (SSSR count). The molecule has 0 aliphatic carbocycles. The Bertz CT molecular complexity index is 1040. The predicted molar refractivity (Wildman–Crippen MR) is 99.3 cm³/mol. The number of carboxylic acids is 1. The molecule has 6 nitrogen and oxygen atoms in total. The van der Waals surface area contributed by atoms with E-state index in [0.717, 1.165) is 16.5 Å². The maximum absolute atomic E-state index is 12.4. The van der Waals surface area contributed by atoms with Gasteiger partial charge in [-0.05, 0) is 42.5 Å². The lowest BCUT2D eigenvalue weighted by molar-refractivity contribution is -0.306. The number of carbonyl (C=O) groups excluding carboxylic acids is 2. The summed E-state index contributed by atoms with van der Waals surface area (Å²) in [6, 6.07) is 15.4. The molecular weight excluding hydrogens is 346 g/mol. The van der Waals surface area contributed by atoms with Gasteiger partial charge in [0.05, 0.1) is 0 Å². The molecule has 1 amide bonds. The molecule has 0 saturated carbocycles. The van der Waals surface area contributed by atoms with E-state index in [4.69, 9.17) is 4.42 Å². The lowest BCUT2D eigenvalue weighted by Gasteiger charge is -2.18. The fraction of sp³-hybridized carbons (Fsp3) is 0.190. The van der Waals surface area contributed by atoms with Crippen LogP contribution < -0.4 is 16.0 Å². The SMILES string of the molecule is Cc1cc(=O)oc2cc(NC(=O)C[C@H](CC(=O)[O-])c3ccccc3)ccc12. The lowest BCUT2D eigenvalue weighted by Crippen LogP contribution is -2.26. The minimum atomic E-state index is -1.21. The summed E-state index contributed by atoms with van der Waals surface area (Å²) >= 11 is 0. The number of hydrogen-bond donors (Lipinski definition) is 1. The van der Waals surface area contributed by atoms with Gasteiger partial charge in [-0.2, -0.15) is 0 Å². The van der Waals surface area contributed by atoms with E-state index in [9.17, 15) is 19.5 Å². The molecule has 6 heteroatoms. The van der Waals surface area contributed by atoms with Gasteiger partial charge >= 0.3 is 5.63 Å². The molecule has 0 aliphatic heterocycles. The van der Waals surface area contributed by atoms with Crippen molar-refractivity contribution in [3.05, 3.63) is 76.1 Å². The standard InChI is InChI=1S/C21H19NO5/c1-13-9-21(26)27-18-12-16(7-8-17(13)18)22-19(23)10-15(11-20(24)25)14-5-3-2-4-6-14/h2-9,12,15H,10-11H2,1H3,(H,22,23)(H,24,25)/p-1/t15-/m1/s1. The minimum absolute atomic E-state index is 0.00615. The summed E-state index contributed by atoms with van der Waals surface area (Å²) in [6.45, 7) is 1.81. The first-order valence-electron chi connectivity index (χ1n) is 8.51. The van der Waals surface area contributed by atoms with E-state index < -0.39 is 17.5 Å². The predicted octanol–water partition coefficient (Wildman–Crippen LogP) is 2.35. The first-order chi connectivity index (χ1) is 12.9. The van der Waals surface area contributed by atoms with Gasteiger partial charge in [0.15, 0.2) is 0 Å². The summed E-state index contributed by atoms with van der Waals surface area (Å²) in [5.41, 5.74) is 1.95. The minimum Gasteiger partial charge on any atom is -0.550 e. The zero-order chi connectivity index (χ0) is 19.4. The number of rotatable bonds is 6. The first kappa shape index (κ1) is 18.4. The van der Waals surface area contributed by atoms with Gasteiger partial charge in [0, 0.05) is 35.6 Å². The molecule has 3 aromatic rings. The van der Waals surface area contributed by atoms with Crippen molar-refractivity contribution < 1.29 is 19.1 Å². The molecule has 0 spiro atoms. The van der Waals surface area contributed by atoms with E-state index in [-0.39, 0.29) is 18.7 Å². The van der Waals surface area contributed by atoms with Crippen molar-refractivity contribution in [3.63, 3.8) is 0 Å². The first-order valence-corrected chi connectivity index (χ1v) is 8.51. The van der Waals surface area contributed by atoms with Crippen molar-refractivity contribution in [2.24, 2.45) is 0 Å². The molecule has 1 atom stereocenters. The van der Waals surface area contributed by atoms with Crippen LogP contribution in [-0.2, 0) is 9.59 Å². The van der Waals surface area contributed by atoms with Crippen LogP contribution in [0.3, 0.4) is 0 Å². The molecule has 1 aromatic heterocycles. The Morgan fingerprint density at radius 2 is 1.81 bits per heavy atom. The van der Waals surface area contributed by atoms with E-state index in [1.807, 2.05) is 13.0 Å². The molecule has 27 heavy (non-hydrogen) atoms. The highest BCUT2D eigenvalue weighted by atomic mass is 16.4. The smallest absolute Gasteiger partial charge is 0.336 e. The average Bonchev–Trinajstić information content (AvgIpc) is 2.61. The number of benzene rings is 2. The Morgan fingerprint density at radius 1 is 1.07 bits per heavy atom. The highest BCUT2D eigenvalue weighted by molar-refractivity contribution is 5.94. The summed E-state index contributed by atoms with van der Waals surface area (Å²) in [6.07, 6.45) is -0.253. The molecule has 2 aromatic carbocycles. The van der Waals surface area contributed by atoms with E-state index >= 15 is 0 Å². The number of carboxylic acid groups (broad SMARTS) is 1. The van der Waals surface area contributed by atoms with Crippen LogP contribution in [0.5, 0.6) is 0 Å². The van der Waals surface area contributed by atoms with Crippen LogP contribution in [0.1, 0.15) is 29.9 Å². The highest BCUT2D eigenvalue weighted by Gasteiger charge is 2.17. The van der Waals surface area contributed by atoms with Crippen molar-refractivity contribution >= 4 is 28.5 Å². The van der Waals surface area contributed by atoms with Gasteiger partial charge in [0.25, 0.3) is 0 Å². The number of aliphatic carboxylic acids is 1. The summed E-state index contributed by atoms with van der Waals surface area (Å²) in [7, 11) is 0. The number of carbonyl (C=O) groups is 2. The quantitative estimate of drug-likeness (QED) is 0.677. The molecular formula is C21H18NO5-. The third kappa shape index (κ3) is 4.61. The number of hydrogen-bond acceptors (Lipinski definition) is 5. The van der Waals surface area contributed by atoms with Crippen LogP contribution in [0.4, 0.5) is 5.69 Å². The Balaban J connectivity index is 1.78. The maximum Gasteiger partial charge on any atom is 0.336 e. The topological polar surface area (TPSA) is 99.4 Å². The summed E-state index contributed by atoms with van der Waals surface area (Å²) in [5.74, 6) is -2.03. The van der Waals surface area contributed by atoms with Crippen molar-refractivity contribution in [1.29, 1.82) is 0 Å². The van der Waals surface area contributed by atoms with Gasteiger partial charge in [0.2, 0.25) is 5.91 Å². The van der Waals surface area contributed by atoms with Crippen molar-refractivity contribution in [1.82, 2.24) is 0 Å². The molecule has 0 radical (unpaired) electrons. The third-order valence-electron chi connectivity index (χ3n) is 4.35. The van der Waals surface area contributed by atoms with E-state index in [2.05, 4.69) is 5.32 Å². The maximum atomic E-state index is 12.4. The van der Waals surface area contributed by atoms with Crippen LogP contribution in [0.2, 0.25) is 0 Å². The number of nitrogens with one attached hydrogen (secondary N) is 1. The van der Waals surface area contributed by atoms with Gasteiger partial charge in [-0.15, -0.1) is 0 Å². The molecule has 0 bridgehead atoms. The van der Waals surface area contributed by atoms with E-state index in [1.165, 1.54) is 6.07 Å². The van der Waals surface area contributed by atoms with Crippen LogP contribution >= 0.6 is 0 Å². The number of amides is 1. The lowest BCUT2D eigenvalue weighted by atomic mass is 9.92. The Morgan fingerprint density at radius 3 is 2.52 bits per heavy atom. The molecule has 1 heterocycles. The van der Waals surface area contributed by atoms with Gasteiger partial charge in [-0.1, -0.05) is 30.3 Å². The number of fused-ring (bicyclic) bond motifs is 1. The largest absolute Gasteiger partial charge is 0.550 e. The second kappa shape index (κ2) is 7.86. The zero-order valence-corrected chi connectivity index (χ0v) is 14.7. The highest BCUT2D eigenvalue weighted by Crippen LogP contribution is 2.25. The normalized spacial score (nSPS) is 11.9. The van der Waals surface area contributed by atoms with Crippen molar-refractivity contribution in [3.8, 4) is 0 Å². The van der Waals surface area contributed by atoms with Crippen molar-refractivity contribution in [2.75, 3.05) is 5.32 Å². The molecule has 138 valence electrons. The Labute approximate surface area is 155 Å². The zero-order valence-electron chi connectivity index (χ0n) is 14.7. The fourth-order valence-corrected chi connectivity index (χ4v) is 3.07. The average molecular weight is 364 g/mol. The van der Waals surface area contributed by atoms with Crippen LogP contribution in [0.25, 0.3) is 11.0 Å². The molecule has 0 unspecified atom stereocenters. The Hall–Kier alpha value is -3.41. The molecule has 0 saturated heterocycles. The van der Waals surface area contributed by atoms with Crippen molar-refractivity contribution in [2.45, 2.75) is 25.7 Å². The third-order valence-corrected chi connectivity index (χ3v) is 4.35. The molecule has 0 fully saturated rings. The van der Waals surface area contributed by atoms with Crippen LogP contribution in [0, 0.1) is 6.92 Å². The summed E-state index contributed by atoms with van der Waals surface area (Å²) in [5, 5.41) is 14.6. The van der Waals surface area contributed by atoms with Gasteiger partial charge in [-0.3, -0.25) is 4.79 Å². The van der Waals surface area contributed by atoms with Crippen LogP contribution in [0.15, 0.2) is 63.8 Å². The second-order valence-corrected chi connectivity index (χ2v) is 6.40. The fourth-order valence-electron chi connectivity index (χ4n) is 3.07. The van der Waals surface area contributed by atoms with E-state index in [0.29, 0.717) is 11.3 Å². The van der Waals surface area contributed by atoms with Crippen LogP contribution in [-0.4, -0.2) is 11.9 Å².